The average molecular weight is 444 g/mol. The van der Waals surface area contributed by atoms with E-state index in [1.165, 1.54) is 7.11 Å². The highest BCUT2D eigenvalue weighted by atomic mass is 35.5. The van der Waals surface area contributed by atoms with Gasteiger partial charge in [-0.25, -0.2) is 0 Å². The Morgan fingerprint density at radius 2 is 1.77 bits per heavy atom. The van der Waals surface area contributed by atoms with E-state index in [2.05, 4.69) is 6.92 Å². The molecule has 1 aliphatic heterocycles. The van der Waals surface area contributed by atoms with E-state index in [9.17, 15) is 14.7 Å². The van der Waals surface area contributed by atoms with Crippen LogP contribution in [0.1, 0.15) is 43.4 Å². The van der Waals surface area contributed by atoms with Gasteiger partial charge in [0.1, 0.15) is 17.3 Å². The fourth-order valence-corrected chi connectivity index (χ4v) is 3.93. The number of aliphatic hydroxyl groups is 1. The van der Waals surface area contributed by atoms with Gasteiger partial charge in [-0.05, 0) is 42.3 Å². The van der Waals surface area contributed by atoms with Crippen LogP contribution >= 0.6 is 11.6 Å². The number of hydrogen-bond acceptors (Lipinski definition) is 5. The van der Waals surface area contributed by atoms with E-state index in [1.54, 1.807) is 54.5 Å². The van der Waals surface area contributed by atoms with Crippen molar-refractivity contribution < 1.29 is 24.2 Å². The third-order valence-corrected chi connectivity index (χ3v) is 5.71. The lowest BCUT2D eigenvalue weighted by atomic mass is 9.95. The first-order valence-electron chi connectivity index (χ1n) is 10.2. The summed E-state index contributed by atoms with van der Waals surface area (Å²) in [6.45, 7) is 2.50. The van der Waals surface area contributed by atoms with Crippen LogP contribution < -0.4 is 9.47 Å². The molecule has 1 fully saturated rings. The van der Waals surface area contributed by atoms with Crippen LogP contribution in [-0.4, -0.2) is 42.5 Å². The first-order chi connectivity index (χ1) is 14.9. The van der Waals surface area contributed by atoms with E-state index < -0.39 is 17.7 Å². The molecule has 0 saturated carbocycles. The van der Waals surface area contributed by atoms with E-state index in [1.807, 2.05) is 0 Å². The summed E-state index contributed by atoms with van der Waals surface area (Å²) in [5.41, 5.74) is 1.13. The predicted molar refractivity (Wildman–Crippen MR) is 120 cm³/mol. The molecule has 0 bridgehead atoms. The molecule has 7 heteroatoms. The summed E-state index contributed by atoms with van der Waals surface area (Å²) in [6.07, 6.45) is 2.69. The fraction of sp³-hybridized carbons (Fsp3) is 0.333. The molecule has 2 aromatic rings. The summed E-state index contributed by atoms with van der Waals surface area (Å²) in [4.78, 5) is 27.4. The Morgan fingerprint density at radius 1 is 1.06 bits per heavy atom. The molecular formula is C24H26ClNO5. The van der Waals surface area contributed by atoms with E-state index >= 15 is 0 Å². The van der Waals surface area contributed by atoms with Gasteiger partial charge < -0.3 is 19.5 Å². The molecule has 1 atom stereocenters. The second-order valence-corrected chi connectivity index (χ2v) is 7.73. The van der Waals surface area contributed by atoms with E-state index in [-0.39, 0.29) is 11.3 Å². The monoisotopic (exact) mass is 443 g/mol. The number of rotatable bonds is 8. The van der Waals surface area contributed by atoms with Crippen LogP contribution in [0.15, 0.2) is 48.0 Å². The summed E-state index contributed by atoms with van der Waals surface area (Å²) >= 11 is 6.10. The maximum Gasteiger partial charge on any atom is 0.295 e. The fourth-order valence-electron chi connectivity index (χ4n) is 3.74. The summed E-state index contributed by atoms with van der Waals surface area (Å²) < 4.78 is 10.5. The van der Waals surface area contributed by atoms with Gasteiger partial charge in [-0.1, -0.05) is 43.5 Å². The third-order valence-electron chi connectivity index (χ3n) is 5.40. The zero-order valence-corrected chi connectivity index (χ0v) is 18.6. The van der Waals surface area contributed by atoms with Gasteiger partial charge in [0.15, 0.2) is 0 Å². The van der Waals surface area contributed by atoms with Crippen LogP contribution in [-0.2, 0) is 9.59 Å². The van der Waals surface area contributed by atoms with Crippen LogP contribution in [0.2, 0.25) is 5.02 Å². The van der Waals surface area contributed by atoms with Crippen LogP contribution in [0.3, 0.4) is 0 Å². The number of aliphatic hydroxyl groups excluding tert-OH is 1. The topological polar surface area (TPSA) is 76.1 Å². The zero-order chi connectivity index (χ0) is 22.5. The molecule has 1 unspecified atom stereocenters. The molecule has 1 heterocycles. The largest absolute Gasteiger partial charge is 0.507 e. The van der Waals surface area contributed by atoms with Crippen molar-refractivity contribution in [3.8, 4) is 11.5 Å². The summed E-state index contributed by atoms with van der Waals surface area (Å²) in [7, 11) is 3.04. The van der Waals surface area contributed by atoms with Crippen molar-refractivity contribution in [2.75, 3.05) is 20.8 Å². The number of unbranched alkanes of at least 4 members (excludes halogenated alkanes) is 2. The molecule has 0 aliphatic carbocycles. The highest BCUT2D eigenvalue weighted by Gasteiger charge is 2.45. The van der Waals surface area contributed by atoms with Crippen molar-refractivity contribution in [2.45, 2.75) is 32.2 Å². The maximum absolute atomic E-state index is 13.0. The number of hydrogen-bond donors (Lipinski definition) is 1. The van der Waals surface area contributed by atoms with Crippen LogP contribution in [0, 0.1) is 0 Å². The smallest absolute Gasteiger partial charge is 0.295 e. The highest BCUT2D eigenvalue weighted by Crippen LogP contribution is 2.40. The Labute approximate surface area is 187 Å². The van der Waals surface area contributed by atoms with Gasteiger partial charge in [0.05, 0.1) is 30.9 Å². The molecule has 6 nitrogen and oxygen atoms in total. The minimum atomic E-state index is -0.705. The number of halogens is 1. The van der Waals surface area contributed by atoms with Crippen LogP contribution in [0.5, 0.6) is 11.5 Å². The van der Waals surface area contributed by atoms with Crippen molar-refractivity contribution >= 4 is 29.1 Å². The first-order valence-corrected chi connectivity index (χ1v) is 10.6. The number of methoxy groups -OCH3 is 2. The van der Waals surface area contributed by atoms with Crippen LogP contribution in [0.4, 0.5) is 0 Å². The maximum atomic E-state index is 13.0. The second kappa shape index (κ2) is 9.88. The molecule has 3 rings (SSSR count). The number of Topliss-reactive ketones (excluding diaryl/α,β-unsaturated/α-hetero) is 1. The van der Waals surface area contributed by atoms with Gasteiger partial charge in [0, 0.05) is 12.1 Å². The lowest BCUT2D eigenvalue weighted by Crippen LogP contribution is -2.30. The summed E-state index contributed by atoms with van der Waals surface area (Å²) in [5, 5.41) is 11.5. The molecule has 1 saturated heterocycles. The molecule has 1 amide bonds. The molecule has 0 aromatic heterocycles. The van der Waals surface area contributed by atoms with E-state index in [0.717, 1.165) is 24.8 Å². The quantitative estimate of drug-likeness (QED) is 0.270. The number of amides is 1. The molecule has 164 valence electrons. The minimum Gasteiger partial charge on any atom is -0.507 e. The Bertz CT molecular complexity index is 1000. The molecule has 0 radical (unpaired) electrons. The molecular weight excluding hydrogens is 418 g/mol. The number of likely N-dealkylation sites (tertiary alicyclic amines) is 1. The van der Waals surface area contributed by atoms with E-state index in [4.69, 9.17) is 21.1 Å². The van der Waals surface area contributed by atoms with Gasteiger partial charge in [-0.3, -0.25) is 9.59 Å². The lowest BCUT2D eigenvalue weighted by Gasteiger charge is -2.25. The normalized spacial score (nSPS) is 17.8. The van der Waals surface area contributed by atoms with Gasteiger partial charge in [0.2, 0.25) is 0 Å². The van der Waals surface area contributed by atoms with Crippen molar-refractivity contribution in [1.82, 2.24) is 4.90 Å². The molecule has 1 N–H and O–H groups in total. The summed E-state index contributed by atoms with van der Waals surface area (Å²) in [6, 6.07) is 11.2. The van der Waals surface area contributed by atoms with Crippen molar-refractivity contribution in [3.05, 3.63) is 64.2 Å². The van der Waals surface area contributed by atoms with Crippen molar-refractivity contribution in [2.24, 2.45) is 0 Å². The Balaban J connectivity index is 2.13. The number of ether oxygens (including phenoxy) is 2. The minimum absolute atomic E-state index is 0.0519. The zero-order valence-electron chi connectivity index (χ0n) is 17.9. The van der Waals surface area contributed by atoms with E-state index in [0.29, 0.717) is 28.6 Å². The molecule has 2 aromatic carbocycles. The molecule has 1 aliphatic rings. The Hall–Kier alpha value is -2.99. The average Bonchev–Trinajstić information content (AvgIpc) is 3.04. The van der Waals surface area contributed by atoms with Gasteiger partial charge in [-0.15, -0.1) is 0 Å². The number of ketones is 1. The van der Waals surface area contributed by atoms with Crippen molar-refractivity contribution in [1.29, 1.82) is 0 Å². The Kier molecular flexibility index (Phi) is 7.23. The number of benzene rings is 2. The van der Waals surface area contributed by atoms with Gasteiger partial charge in [-0.2, -0.15) is 0 Å². The number of carbonyl (C=O) groups excluding carboxylic acids is 2. The predicted octanol–water partition coefficient (Wildman–Crippen LogP) is 4.97. The lowest BCUT2D eigenvalue weighted by molar-refractivity contribution is -0.139. The third kappa shape index (κ3) is 4.54. The summed E-state index contributed by atoms with van der Waals surface area (Å²) in [5.74, 6) is -0.548. The number of nitrogens with zero attached hydrogens (tertiary/aromatic N) is 1. The molecule has 0 spiro atoms. The molecule has 31 heavy (non-hydrogen) atoms. The van der Waals surface area contributed by atoms with Crippen molar-refractivity contribution in [3.63, 3.8) is 0 Å². The second-order valence-electron chi connectivity index (χ2n) is 7.32. The van der Waals surface area contributed by atoms with Crippen LogP contribution in [0.25, 0.3) is 5.76 Å². The Morgan fingerprint density at radius 3 is 2.39 bits per heavy atom. The standard InChI is InChI=1S/C24H26ClNO5/c1-4-5-6-13-26-21(15-7-10-17(30-2)11-8-15)20(23(28)24(26)29)22(27)16-9-12-18(25)19(14-16)31-3/h7-12,14,21,27H,4-6,13H2,1-3H3/b22-20-. The highest BCUT2D eigenvalue weighted by molar-refractivity contribution is 6.46. The van der Waals surface area contributed by atoms with Gasteiger partial charge >= 0.3 is 0 Å². The first kappa shape index (κ1) is 22.7. The SMILES string of the molecule is CCCCCN1C(=O)C(=O)/C(=C(\O)c2ccc(Cl)c(OC)c2)C1c1ccc(OC)cc1. The number of carbonyl (C=O) groups is 2. The van der Waals surface area contributed by atoms with Gasteiger partial charge in [0.25, 0.3) is 11.7 Å².